The fourth-order valence-electron chi connectivity index (χ4n) is 2.53. The highest BCUT2D eigenvalue weighted by Crippen LogP contribution is 2.28. The van der Waals surface area contributed by atoms with Crippen LogP contribution in [0.3, 0.4) is 0 Å². The van der Waals surface area contributed by atoms with Crippen LogP contribution in [0.1, 0.15) is 39.5 Å². The lowest BCUT2D eigenvalue weighted by atomic mass is 9.80. The molecular weight excluding hydrogens is 250 g/mol. The molecule has 1 aliphatic rings. The minimum atomic E-state index is -2.93. The van der Waals surface area contributed by atoms with E-state index in [2.05, 4.69) is 5.32 Å². The first kappa shape index (κ1) is 15.9. The van der Waals surface area contributed by atoms with Gasteiger partial charge >= 0.3 is 0 Å². The van der Waals surface area contributed by atoms with E-state index in [9.17, 15) is 13.5 Å². The molecule has 0 aromatic rings. The summed E-state index contributed by atoms with van der Waals surface area (Å²) in [5, 5.41) is 12.2. The van der Waals surface area contributed by atoms with Crippen molar-refractivity contribution in [3.63, 3.8) is 0 Å². The van der Waals surface area contributed by atoms with E-state index < -0.39 is 9.84 Å². The van der Waals surface area contributed by atoms with Gasteiger partial charge in [0.25, 0.3) is 0 Å². The highest BCUT2D eigenvalue weighted by atomic mass is 32.2. The standard InChI is InChI=1S/C13H27NO3S/c1-11(2)18(16,17)8-7-14-9-12-5-3-4-6-13(12)10-15/h11-15H,3-10H2,1-2H3. The third-order valence-corrected chi connectivity index (χ3v) is 6.20. The van der Waals surface area contributed by atoms with Crippen LogP contribution in [0.25, 0.3) is 0 Å². The first-order valence-corrected chi connectivity index (χ1v) is 8.72. The summed E-state index contributed by atoms with van der Waals surface area (Å²) < 4.78 is 23.2. The van der Waals surface area contributed by atoms with Gasteiger partial charge < -0.3 is 10.4 Å². The van der Waals surface area contributed by atoms with Crippen LogP contribution in [0.15, 0.2) is 0 Å². The minimum Gasteiger partial charge on any atom is -0.396 e. The summed E-state index contributed by atoms with van der Waals surface area (Å²) in [6.07, 6.45) is 4.69. The van der Waals surface area contributed by atoms with Gasteiger partial charge in [0.1, 0.15) is 0 Å². The summed E-state index contributed by atoms with van der Waals surface area (Å²) in [5.41, 5.74) is 0. The summed E-state index contributed by atoms with van der Waals surface area (Å²) >= 11 is 0. The molecule has 5 heteroatoms. The second-order valence-corrected chi connectivity index (χ2v) is 8.28. The molecule has 1 fully saturated rings. The minimum absolute atomic E-state index is 0.210. The van der Waals surface area contributed by atoms with E-state index in [0.717, 1.165) is 19.4 Å². The Bertz CT molecular complexity index is 327. The van der Waals surface area contributed by atoms with Gasteiger partial charge in [-0.1, -0.05) is 12.8 Å². The van der Waals surface area contributed by atoms with Crippen molar-refractivity contribution in [1.82, 2.24) is 5.32 Å². The maximum atomic E-state index is 11.6. The Morgan fingerprint density at radius 3 is 2.39 bits per heavy atom. The molecule has 1 saturated carbocycles. The van der Waals surface area contributed by atoms with Crippen molar-refractivity contribution in [2.75, 3.05) is 25.4 Å². The van der Waals surface area contributed by atoms with E-state index in [1.54, 1.807) is 13.8 Å². The molecule has 0 bridgehead atoms. The van der Waals surface area contributed by atoms with E-state index in [-0.39, 0.29) is 17.6 Å². The Kier molecular flexibility index (Phi) is 6.60. The third kappa shape index (κ3) is 4.86. The van der Waals surface area contributed by atoms with Crippen LogP contribution in [0.5, 0.6) is 0 Å². The van der Waals surface area contributed by atoms with Crippen molar-refractivity contribution in [2.24, 2.45) is 11.8 Å². The summed E-state index contributed by atoms with van der Waals surface area (Å²) in [6, 6.07) is 0. The average molecular weight is 277 g/mol. The van der Waals surface area contributed by atoms with Crippen LogP contribution >= 0.6 is 0 Å². The van der Waals surface area contributed by atoms with Gasteiger partial charge in [-0.25, -0.2) is 8.42 Å². The second kappa shape index (κ2) is 7.46. The fourth-order valence-corrected chi connectivity index (χ4v) is 3.43. The van der Waals surface area contributed by atoms with Crippen LogP contribution in [-0.4, -0.2) is 44.2 Å². The number of aliphatic hydroxyl groups is 1. The number of nitrogens with one attached hydrogen (secondary N) is 1. The predicted molar refractivity (Wildman–Crippen MR) is 74.3 cm³/mol. The second-order valence-electron chi connectivity index (χ2n) is 5.61. The molecule has 0 amide bonds. The van der Waals surface area contributed by atoms with Gasteiger partial charge in [0.2, 0.25) is 0 Å². The lowest BCUT2D eigenvalue weighted by molar-refractivity contribution is 0.133. The number of sulfone groups is 1. The van der Waals surface area contributed by atoms with Gasteiger partial charge in [-0.05, 0) is 45.1 Å². The highest BCUT2D eigenvalue weighted by molar-refractivity contribution is 7.92. The zero-order valence-corrected chi connectivity index (χ0v) is 12.4. The molecular formula is C13H27NO3S. The zero-order chi connectivity index (χ0) is 13.6. The van der Waals surface area contributed by atoms with Crippen molar-refractivity contribution in [2.45, 2.75) is 44.8 Å². The smallest absolute Gasteiger partial charge is 0.153 e. The molecule has 0 aromatic heterocycles. The fraction of sp³-hybridized carbons (Fsp3) is 1.00. The number of hydrogen-bond acceptors (Lipinski definition) is 4. The van der Waals surface area contributed by atoms with Gasteiger partial charge in [0, 0.05) is 13.2 Å². The van der Waals surface area contributed by atoms with Crippen molar-refractivity contribution >= 4 is 9.84 Å². The molecule has 108 valence electrons. The Labute approximate surface area is 111 Å². The molecule has 0 saturated heterocycles. The van der Waals surface area contributed by atoms with Gasteiger partial charge in [-0.15, -0.1) is 0 Å². The lowest BCUT2D eigenvalue weighted by Crippen LogP contribution is -2.35. The zero-order valence-electron chi connectivity index (χ0n) is 11.6. The molecule has 18 heavy (non-hydrogen) atoms. The summed E-state index contributed by atoms with van der Waals surface area (Å²) in [7, 11) is -2.93. The van der Waals surface area contributed by atoms with E-state index in [1.807, 2.05) is 0 Å². The average Bonchev–Trinajstić information content (AvgIpc) is 2.35. The molecule has 0 heterocycles. The molecule has 4 nitrogen and oxygen atoms in total. The molecule has 0 aromatic carbocycles. The predicted octanol–water partition coefficient (Wildman–Crippen LogP) is 1.20. The molecule has 0 spiro atoms. The lowest BCUT2D eigenvalue weighted by Gasteiger charge is -2.30. The molecule has 0 radical (unpaired) electrons. The van der Waals surface area contributed by atoms with Crippen molar-refractivity contribution < 1.29 is 13.5 Å². The Balaban J connectivity index is 2.25. The van der Waals surface area contributed by atoms with E-state index in [4.69, 9.17) is 0 Å². The summed E-state index contributed by atoms with van der Waals surface area (Å²) in [4.78, 5) is 0. The van der Waals surface area contributed by atoms with Crippen LogP contribution in [0.4, 0.5) is 0 Å². The highest BCUT2D eigenvalue weighted by Gasteiger charge is 2.24. The molecule has 2 unspecified atom stereocenters. The first-order chi connectivity index (χ1) is 8.47. The molecule has 2 N–H and O–H groups in total. The van der Waals surface area contributed by atoms with E-state index in [1.165, 1.54) is 12.8 Å². The third-order valence-electron chi connectivity index (χ3n) is 3.99. The van der Waals surface area contributed by atoms with Crippen molar-refractivity contribution in [3.05, 3.63) is 0 Å². The van der Waals surface area contributed by atoms with E-state index >= 15 is 0 Å². The largest absolute Gasteiger partial charge is 0.396 e. The van der Waals surface area contributed by atoms with Crippen molar-refractivity contribution in [3.8, 4) is 0 Å². The Hall–Kier alpha value is -0.130. The van der Waals surface area contributed by atoms with E-state index in [0.29, 0.717) is 18.4 Å². The Morgan fingerprint density at radius 2 is 1.83 bits per heavy atom. The summed E-state index contributed by atoms with van der Waals surface area (Å²) in [6.45, 7) is 5.06. The maximum absolute atomic E-state index is 11.6. The topological polar surface area (TPSA) is 66.4 Å². The molecule has 0 aliphatic heterocycles. The molecule has 1 rings (SSSR count). The summed E-state index contributed by atoms with van der Waals surface area (Å²) in [5.74, 6) is 1.11. The van der Waals surface area contributed by atoms with Gasteiger partial charge in [-0.2, -0.15) is 0 Å². The van der Waals surface area contributed by atoms with Crippen LogP contribution in [0, 0.1) is 11.8 Å². The monoisotopic (exact) mass is 277 g/mol. The number of aliphatic hydroxyl groups excluding tert-OH is 1. The number of hydrogen-bond donors (Lipinski definition) is 2. The normalized spacial score (nSPS) is 25.6. The molecule has 1 aliphatic carbocycles. The van der Waals surface area contributed by atoms with Crippen LogP contribution in [-0.2, 0) is 9.84 Å². The van der Waals surface area contributed by atoms with Gasteiger partial charge in [-0.3, -0.25) is 0 Å². The SMILES string of the molecule is CC(C)S(=O)(=O)CCNCC1CCCCC1CO. The first-order valence-electron chi connectivity index (χ1n) is 7.00. The van der Waals surface area contributed by atoms with Gasteiger partial charge in [0.05, 0.1) is 11.0 Å². The maximum Gasteiger partial charge on any atom is 0.153 e. The van der Waals surface area contributed by atoms with Crippen LogP contribution < -0.4 is 5.32 Å². The number of rotatable bonds is 7. The van der Waals surface area contributed by atoms with Crippen LogP contribution in [0.2, 0.25) is 0 Å². The Morgan fingerprint density at radius 1 is 1.22 bits per heavy atom. The quantitative estimate of drug-likeness (QED) is 0.686. The van der Waals surface area contributed by atoms with Crippen molar-refractivity contribution in [1.29, 1.82) is 0 Å². The van der Waals surface area contributed by atoms with Gasteiger partial charge in [0.15, 0.2) is 9.84 Å². The molecule has 2 atom stereocenters.